The van der Waals surface area contributed by atoms with Gasteiger partial charge in [0.15, 0.2) is 0 Å². The van der Waals surface area contributed by atoms with Gasteiger partial charge in [-0.15, -0.1) is 0 Å². The lowest BCUT2D eigenvalue weighted by Crippen LogP contribution is -2.31. The van der Waals surface area contributed by atoms with Crippen LogP contribution in [-0.4, -0.2) is 5.91 Å². The topological polar surface area (TPSA) is 29.1 Å². The number of hydrogen-bond acceptors (Lipinski definition) is 1. The first-order chi connectivity index (χ1) is 10.1. The summed E-state index contributed by atoms with van der Waals surface area (Å²) < 4.78 is 13.8. The van der Waals surface area contributed by atoms with Crippen molar-refractivity contribution in [1.29, 1.82) is 0 Å². The average molecular weight is 283 g/mol. The number of benzene rings is 2. The Balaban J connectivity index is 1.84. The van der Waals surface area contributed by atoms with E-state index < -0.39 is 5.82 Å². The molecular weight excluding hydrogens is 265 g/mol. The summed E-state index contributed by atoms with van der Waals surface area (Å²) >= 11 is 0. The number of aryl methyl sites for hydroxylation is 2. The molecule has 0 aliphatic heterocycles. The van der Waals surface area contributed by atoms with Crippen molar-refractivity contribution in [3.8, 4) is 0 Å². The van der Waals surface area contributed by atoms with E-state index in [0.29, 0.717) is 0 Å². The van der Waals surface area contributed by atoms with Gasteiger partial charge < -0.3 is 5.32 Å². The van der Waals surface area contributed by atoms with Gasteiger partial charge in [-0.3, -0.25) is 4.79 Å². The molecule has 2 aromatic rings. The highest BCUT2D eigenvalue weighted by Gasteiger charge is 2.23. The summed E-state index contributed by atoms with van der Waals surface area (Å²) in [6, 6.07) is 12.7. The lowest BCUT2D eigenvalue weighted by molar-refractivity contribution is 0.0928. The van der Waals surface area contributed by atoms with Gasteiger partial charge in [0.2, 0.25) is 0 Å². The monoisotopic (exact) mass is 283 g/mol. The third-order valence-electron chi connectivity index (χ3n) is 4.04. The maximum atomic E-state index is 13.8. The summed E-state index contributed by atoms with van der Waals surface area (Å²) in [5, 5.41) is 2.98. The first-order valence-corrected chi connectivity index (χ1v) is 7.30. The highest BCUT2D eigenvalue weighted by atomic mass is 19.1. The number of carbonyl (C=O) groups excluding carboxylic acids is 1. The van der Waals surface area contributed by atoms with Crippen molar-refractivity contribution in [2.75, 3.05) is 0 Å². The van der Waals surface area contributed by atoms with E-state index in [0.717, 1.165) is 30.4 Å². The number of carbonyl (C=O) groups is 1. The molecule has 1 amide bonds. The molecule has 1 atom stereocenters. The van der Waals surface area contributed by atoms with Crippen LogP contribution >= 0.6 is 0 Å². The molecule has 0 heterocycles. The van der Waals surface area contributed by atoms with Crippen LogP contribution in [-0.2, 0) is 6.42 Å². The summed E-state index contributed by atoms with van der Waals surface area (Å²) in [5.41, 5.74) is 3.44. The molecule has 21 heavy (non-hydrogen) atoms. The van der Waals surface area contributed by atoms with Gasteiger partial charge in [0.25, 0.3) is 5.91 Å². The van der Waals surface area contributed by atoms with Crippen LogP contribution in [0.15, 0.2) is 42.5 Å². The van der Waals surface area contributed by atoms with Crippen molar-refractivity contribution in [2.24, 2.45) is 0 Å². The quantitative estimate of drug-likeness (QED) is 0.888. The average Bonchev–Trinajstić information content (AvgIpc) is 2.50. The van der Waals surface area contributed by atoms with Crippen molar-refractivity contribution >= 4 is 5.91 Å². The van der Waals surface area contributed by atoms with E-state index in [-0.39, 0.29) is 17.5 Å². The molecule has 2 nitrogen and oxygen atoms in total. The van der Waals surface area contributed by atoms with Crippen molar-refractivity contribution in [2.45, 2.75) is 32.2 Å². The van der Waals surface area contributed by atoms with Gasteiger partial charge in [0.1, 0.15) is 5.82 Å². The maximum absolute atomic E-state index is 13.8. The lowest BCUT2D eigenvalue weighted by Gasteiger charge is -2.26. The summed E-state index contributed by atoms with van der Waals surface area (Å²) in [5.74, 6) is -0.805. The number of amides is 1. The molecule has 1 N–H and O–H groups in total. The zero-order valence-electron chi connectivity index (χ0n) is 12.0. The minimum atomic E-state index is -0.470. The Hall–Kier alpha value is -2.16. The molecule has 1 unspecified atom stereocenters. The van der Waals surface area contributed by atoms with Crippen LogP contribution < -0.4 is 5.32 Å². The molecule has 3 rings (SSSR count). The van der Waals surface area contributed by atoms with E-state index in [9.17, 15) is 9.18 Å². The second kappa shape index (κ2) is 5.68. The van der Waals surface area contributed by atoms with Crippen molar-refractivity contribution in [3.63, 3.8) is 0 Å². The predicted octanol–water partition coefficient (Wildman–Crippen LogP) is 3.94. The number of hydrogen-bond donors (Lipinski definition) is 1. The molecule has 0 aromatic heterocycles. The molecule has 0 saturated carbocycles. The van der Waals surface area contributed by atoms with Gasteiger partial charge in [0.05, 0.1) is 11.6 Å². The van der Waals surface area contributed by atoms with Gasteiger partial charge in [-0.1, -0.05) is 35.9 Å². The lowest BCUT2D eigenvalue weighted by atomic mass is 9.87. The molecule has 0 saturated heterocycles. The van der Waals surface area contributed by atoms with Crippen LogP contribution in [0, 0.1) is 12.7 Å². The highest BCUT2D eigenvalue weighted by Crippen LogP contribution is 2.29. The fourth-order valence-electron chi connectivity index (χ4n) is 2.95. The molecule has 3 heteroatoms. The number of halogens is 1. The number of fused-ring (bicyclic) bond motifs is 1. The second-order valence-electron chi connectivity index (χ2n) is 5.60. The summed E-state index contributed by atoms with van der Waals surface area (Å²) in [4.78, 5) is 12.3. The van der Waals surface area contributed by atoms with Crippen LogP contribution in [0.4, 0.5) is 4.39 Å². The maximum Gasteiger partial charge on any atom is 0.254 e. The largest absolute Gasteiger partial charge is 0.345 e. The molecule has 0 bridgehead atoms. The molecule has 0 spiro atoms. The Bertz CT molecular complexity index is 681. The molecule has 0 fully saturated rings. The van der Waals surface area contributed by atoms with Gasteiger partial charge in [-0.25, -0.2) is 4.39 Å². The molecule has 0 radical (unpaired) electrons. The Morgan fingerprint density at radius 2 is 2.05 bits per heavy atom. The first kappa shape index (κ1) is 13.8. The summed E-state index contributed by atoms with van der Waals surface area (Å²) in [6.07, 6.45) is 2.98. The predicted molar refractivity (Wildman–Crippen MR) is 80.7 cm³/mol. The van der Waals surface area contributed by atoms with E-state index in [1.807, 2.05) is 25.1 Å². The van der Waals surface area contributed by atoms with Crippen LogP contribution in [0.5, 0.6) is 0 Å². The molecule has 1 aliphatic carbocycles. The molecule has 108 valence electrons. The fourth-order valence-corrected chi connectivity index (χ4v) is 2.95. The highest BCUT2D eigenvalue weighted by molar-refractivity contribution is 5.95. The smallest absolute Gasteiger partial charge is 0.254 e. The van der Waals surface area contributed by atoms with Crippen molar-refractivity contribution < 1.29 is 9.18 Å². The Morgan fingerprint density at radius 3 is 2.90 bits per heavy atom. The third kappa shape index (κ3) is 2.82. The van der Waals surface area contributed by atoms with Gasteiger partial charge in [-0.2, -0.15) is 0 Å². The fraction of sp³-hybridized carbons (Fsp3) is 0.278. The van der Waals surface area contributed by atoms with Gasteiger partial charge in [-0.05, 0) is 49.4 Å². The van der Waals surface area contributed by atoms with Crippen LogP contribution in [0.25, 0.3) is 0 Å². The van der Waals surface area contributed by atoms with E-state index >= 15 is 0 Å². The van der Waals surface area contributed by atoms with Crippen molar-refractivity contribution in [3.05, 3.63) is 70.5 Å². The SMILES string of the molecule is Cc1ccc(F)c(C(=O)NC2CCCc3ccccc32)c1. The Kier molecular flexibility index (Phi) is 3.74. The zero-order chi connectivity index (χ0) is 14.8. The Morgan fingerprint density at radius 1 is 1.24 bits per heavy atom. The van der Waals surface area contributed by atoms with E-state index in [2.05, 4.69) is 11.4 Å². The van der Waals surface area contributed by atoms with Gasteiger partial charge in [0, 0.05) is 0 Å². The second-order valence-corrected chi connectivity index (χ2v) is 5.60. The van der Waals surface area contributed by atoms with Crippen LogP contribution in [0.3, 0.4) is 0 Å². The minimum Gasteiger partial charge on any atom is -0.345 e. The molecule has 1 aliphatic rings. The van der Waals surface area contributed by atoms with Crippen molar-refractivity contribution in [1.82, 2.24) is 5.32 Å². The molecule has 2 aromatic carbocycles. The first-order valence-electron chi connectivity index (χ1n) is 7.30. The Labute approximate surface area is 124 Å². The molecular formula is C18H18FNO. The van der Waals surface area contributed by atoms with E-state index in [1.165, 1.54) is 11.6 Å². The van der Waals surface area contributed by atoms with Gasteiger partial charge >= 0.3 is 0 Å². The minimum absolute atomic E-state index is 0.0256. The van der Waals surface area contributed by atoms with E-state index in [1.54, 1.807) is 12.1 Å². The normalized spacial score (nSPS) is 17.1. The summed E-state index contributed by atoms with van der Waals surface area (Å²) in [6.45, 7) is 1.85. The summed E-state index contributed by atoms with van der Waals surface area (Å²) in [7, 11) is 0. The zero-order valence-corrected chi connectivity index (χ0v) is 12.0. The third-order valence-corrected chi connectivity index (χ3v) is 4.04. The van der Waals surface area contributed by atoms with E-state index in [4.69, 9.17) is 0 Å². The van der Waals surface area contributed by atoms with Crippen LogP contribution in [0.2, 0.25) is 0 Å². The number of rotatable bonds is 2. The standard InChI is InChI=1S/C18H18FNO/c1-12-9-10-16(19)15(11-12)18(21)20-17-8-4-6-13-5-2-3-7-14(13)17/h2-3,5,7,9-11,17H,4,6,8H2,1H3,(H,20,21). The van der Waals surface area contributed by atoms with Crippen LogP contribution in [0.1, 0.15) is 45.9 Å². The number of nitrogens with one attached hydrogen (secondary N) is 1.